The van der Waals surface area contributed by atoms with E-state index in [4.69, 9.17) is 9.84 Å². The molecule has 2 aromatic carbocycles. The Labute approximate surface area is 259 Å². The van der Waals surface area contributed by atoms with Crippen LogP contribution in [0.2, 0.25) is 0 Å². The van der Waals surface area contributed by atoms with Gasteiger partial charge in [-0.05, 0) is 50.8 Å². The van der Waals surface area contributed by atoms with Crippen molar-refractivity contribution in [1.82, 2.24) is 20.0 Å². The highest BCUT2D eigenvalue weighted by Gasteiger charge is 2.60. The van der Waals surface area contributed by atoms with Gasteiger partial charge in [-0.2, -0.15) is 18.3 Å². The van der Waals surface area contributed by atoms with Crippen LogP contribution in [0.1, 0.15) is 79.6 Å². The summed E-state index contributed by atoms with van der Waals surface area (Å²) in [5.74, 6) is -2.51. The van der Waals surface area contributed by atoms with Crippen LogP contribution in [0, 0.1) is 0 Å². The Bertz CT molecular complexity index is 1590. The molecule has 0 saturated carbocycles. The molecule has 3 heterocycles. The molecule has 8 nitrogen and oxygen atoms in total. The number of rotatable bonds is 7. The number of piperidine rings is 1. The third kappa shape index (κ3) is 5.93. The molecule has 0 spiro atoms. The van der Waals surface area contributed by atoms with E-state index in [0.717, 1.165) is 18.1 Å². The van der Waals surface area contributed by atoms with E-state index in [9.17, 15) is 23.1 Å². The number of aliphatic hydroxyl groups is 1. The number of benzene rings is 2. The number of Topliss-reactive ketones (excluding diaryl/α,β-unsaturated/α-hetero) is 1. The van der Waals surface area contributed by atoms with E-state index < -0.39 is 29.5 Å². The van der Waals surface area contributed by atoms with Crippen LogP contribution in [0.3, 0.4) is 0 Å². The topological polar surface area (TPSA) is 93.4 Å². The molecule has 1 fully saturated rings. The molecular weight excluding hydrogens is 583 g/mol. The number of carbonyl (C=O) groups excluding carboxylic acids is 1. The van der Waals surface area contributed by atoms with E-state index >= 15 is 0 Å². The Morgan fingerprint density at radius 2 is 1.53 bits per heavy atom. The lowest BCUT2D eigenvalue weighted by Crippen LogP contribution is -2.52. The summed E-state index contributed by atoms with van der Waals surface area (Å²) in [6, 6.07) is 21.9. The SMILES string of the molecule is CC(C)Oc1ccc(N2CCC(c3nn(C(c4ccccc4)c4ccccc4)c4c3C(C(F)(F)F)C(C)(O)C(=O)C4)CC2)nn1. The predicted molar refractivity (Wildman–Crippen MR) is 162 cm³/mol. The van der Waals surface area contributed by atoms with Gasteiger partial charge in [0, 0.05) is 30.6 Å². The first-order valence-electron chi connectivity index (χ1n) is 15.2. The standard InChI is InChI=1S/C34H36F3N5O3/c1-21(2)45-28-15-14-27(38-39-28)41-18-16-22(17-19-41)30-29-25(20-26(43)33(3,44)32(29)34(35,36)37)42(40-30)31(23-10-6-4-7-11-23)24-12-8-5-9-13-24/h4-15,21-22,31-32,44H,16-20H2,1-3H3. The number of ketones is 1. The van der Waals surface area contributed by atoms with Crippen molar-refractivity contribution in [1.29, 1.82) is 0 Å². The van der Waals surface area contributed by atoms with Gasteiger partial charge in [-0.25, -0.2) is 0 Å². The third-order valence-electron chi connectivity index (χ3n) is 8.81. The van der Waals surface area contributed by atoms with Gasteiger partial charge in [0.1, 0.15) is 17.6 Å². The summed E-state index contributed by atoms with van der Waals surface area (Å²) >= 11 is 0. The molecule has 2 unspecified atom stereocenters. The summed E-state index contributed by atoms with van der Waals surface area (Å²) in [6.45, 7) is 5.84. The molecule has 6 rings (SSSR count). The Morgan fingerprint density at radius 3 is 2.04 bits per heavy atom. The van der Waals surface area contributed by atoms with Gasteiger partial charge in [-0.1, -0.05) is 60.7 Å². The first kappa shape index (κ1) is 30.8. The number of aromatic nitrogens is 4. The van der Waals surface area contributed by atoms with Crippen molar-refractivity contribution in [3.63, 3.8) is 0 Å². The smallest absolute Gasteiger partial charge is 0.399 e. The average molecular weight is 620 g/mol. The lowest BCUT2D eigenvalue weighted by Gasteiger charge is -2.39. The number of anilines is 1. The van der Waals surface area contributed by atoms with Gasteiger partial charge >= 0.3 is 6.18 Å². The molecule has 0 amide bonds. The summed E-state index contributed by atoms with van der Waals surface area (Å²) in [5, 5.41) is 24.5. The number of carbonyl (C=O) groups is 1. The van der Waals surface area contributed by atoms with Crippen molar-refractivity contribution >= 4 is 11.6 Å². The second-order valence-electron chi connectivity index (χ2n) is 12.3. The minimum absolute atomic E-state index is 0.0356. The van der Waals surface area contributed by atoms with Crippen LogP contribution in [-0.4, -0.2) is 61.8 Å². The number of ether oxygens (including phenoxy) is 1. The minimum Gasteiger partial charge on any atom is -0.474 e. The summed E-state index contributed by atoms with van der Waals surface area (Å²) in [5.41, 5.74) is -0.533. The van der Waals surface area contributed by atoms with Crippen LogP contribution in [-0.2, 0) is 11.2 Å². The van der Waals surface area contributed by atoms with Gasteiger partial charge in [0.2, 0.25) is 5.88 Å². The fourth-order valence-corrected chi connectivity index (χ4v) is 6.68. The fraction of sp³-hybridized carbons (Fsp3) is 0.412. The highest BCUT2D eigenvalue weighted by molar-refractivity contribution is 5.92. The summed E-state index contributed by atoms with van der Waals surface area (Å²) in [6.07, 6.45) is -4.24. The summed E-state index contributed by atoms with van der Waals surface area (Å²) in [4.78, 5) is 15.3. The zero-order valence-electron chi connectivity index (χ0n) is 25.4. The fourth-order valence-electron chi connectivity index (χ4n) is 6.68. The molecular formula is C34H36F3N5O3. The molecule has 45 heavy (non-hydrogen) atoms. The largest absolute Gasteiger partial charge is 0.474 e. The van der Waals surface area contributed by atoms with Gasteiger partial charge in [-0.3, -0.25) is 9.48 Å². The molecule has 2 atom stereocenters. The zero-order chi connectivity index (χ0) is 31.9. The molecule has 4 aromatic rings. The van der Waals surface area contributed by atoms with Crippen LogP contribution in [0.5, 0.6) is 5.88 Å². The third-order valence-corrected chi connectivity index (χ3v) is 8.81. The number of alkyl halides is 3. The van der Waals surface area contributed by atoms with Crippen LogP contribution >= 0.6 is 0 Å². The Hall–Kier alpha value is -4.25. The number of hydrogen-bond donors (Lipinski definition) is 1. The van der Waals surface area contributed by atoms with Crippen molar-refractivity contribution in [3.8, 4) is 5.88 Å². The van der Waals surface area contributed by atoms with Gasteiger partial charge in [0.05, 0.1) is 23.9 Å². The van der Waals surface area contributed by atoms with Gasteiger partial charge < -0.3 is 14.7 Å². The first-order valence-corrected chi connectivity index (χ1v) is 15.2. The molecule has 2 aliphatic rings. The average Bonchev–Trinajstić information content (AvgIpc) is 3.35. The molecule has 2 aromatic heterocycles. The van der Waals surface area contributed by atoms with Crippen molar-refractivity contribution in [2.45, 2.75) is 75.8 Å². The zero-order valence-corrected chi connectivity index (χ0v) is 25.4. The van der Waals surface area contributed by atoms with E-state index in [2.05, 4.69) is 10.2 Å². The Balaban J connectivity index is 1.42. The maximum absolute atomic E-state index is 14.9. The monoisotopic (exact) mass is 619 g/mol. The Morgan fingerprint density at radius 1 is 0.933 bits per heavy atom. The molecule has 1 aliphatic carbocycles. The normalized spacial score (nSPS) is 21.0. The number of nitrogens with zero attached hydrogens (tertiary/aromatic N) is 5. The van der Waals surface area contributed by atoms with E-state index in [1.54, 1.807) is 10.7 Å². The molecule has 0 radical (unpaired) electrons. The second-order valence-corrected chi connectivity index (χ2v) is 12.3. The lowest BCUT2D eigenvalue weighted by molar-refractivity contribution is -0.198. The second kappa shape index (κ2) is 11.9. The van der Waals surface area contributed by atoms with Crippen LogP contribution in [0.4, 0.5) is 19.0 Å². The van der Waals surface area contributed by atoms with Gasteiger partial charge in [0.25, 0.3) is 0 Å². The molecule has 1 aliphatic heterocycles. The van der Waals surface area contributed by atoms with Crippen molar-refractivity contribution in [3.05, 3.63) is 101 Å². The minimum atomic E-state index is -4.87. The number of hydrogen-bond acceptors (Lipinski definition) is 7. The van der Waals surface area contributed by atoms with Crippen molar-refractivity contribution < 1.29 is 27.8 Å². The first-order chi connectivity index (χ1) is 21.4. The van der Waals surface area contributed by atoms with Gasteiger partial charge in [0.15, 0.2) is 11.6 Å². The predicted octanol–water partition coefficient (Wildman–Crippen LogP) is 6.00. The summed E-state index contributed by atoms with van der Waals surface area (Å²) in [7, 11) is 0. The number of fused-ring (bicyclic) bond motifs is 1. The van der Waals surface area contributed by atoms with E-state index in [1.165, 1.54) is 0 Å². The molecule has 1 N–H and O–H groups in total. The maximum atomic E-state index is 14.9. The maximum Gasteiger partial charge on any atom is 0.399 e. The van der Waals surface area contributed by atoms with E-state index in [0.29, 0.717) is 43.3 Å². The Kier molecular flexibility index (Phi) is 8.15. The lowest BCUT2D eigenvalue weighted by atomic mass is 9.71. The molecule has 1 saturated heterocycles. The summed E-state index contributed by atoms with van der Waals surface area (Å²) < 4.78 is 51.9. The highest BCUT2D eigenvalue weighted by Crippen LogP contribution is 2.51. The van der Waals surface area contributed by atoms with Crippen LogP contribution in [0.15, 0.2) is 72.8 Å². The van der Waals surface area contributed by atoms with Crippen molar-refractivity contribution in [2.24, 2.45) is 0 Å². The molecule has 0 bridgehead atoms. The molecule has 236 valence electrons. The van der Waals surface area contributed by atoms with Gasteiger partial charge in [-0.15, -0.1) is 10.2 Å². The highest BCUT2D eigenvalue weighted by atomic mass is 19.4. The van der Waals surface area contributed by atoms with Crippen LogP contribution in [0.25, 0.3) is 0 Å². The van der Waals surface area contributed by atoms with E-state index in [1.807, 2.05) is 85.5 Å². The quantitative estimate of drug-likeness (QED) is 0.271. The number of halogens is 3. The van der Waals surface area contributed by atoms with Crippen molar-refractivity contribution in [2.75, 3.05) is 18.0 Å². The van der Waals surface area contributed by atoms with Crippen LogP contribution < -0.4 is 9.64 Å². The van der Waals surface area contributed by atoms with E-state index in [-0.39, 0.29) is 29.7 Å². The molecule has 11 heteroatoms.